The van der Waals surface area contributed by atoms with Crippen LogP contribution in [0.2, 0.25) is 0 Å². The van der Waals surface area contributed by atoms with Crippen LogP contribution in [-0.2, 0) is 45.9 Å². The van der Waals surface area contributed by atoms with Crippen molar-refractivity contribution in [3.8, 4) is 11.4 Å². The topological polar surface area (TPSA) is 120 Å². The highest BCUT2D eigenvalue weighted by molar-refractivity contribution is 8.76. The maximum absolute atomic E-state index is 15.3. The minimum Gasteiger partial charge on any atom is -0.458 e. The van der Waals surface area contributed by atoms with E-state index in [1.54, 1.807) is 46.1 Å². The van der Waals surface area contributed by atoms with Gasteiger partial charge in [-0.05, 0) is 79.2 Å². The zero-order valence-corrected chi connectivity index (χ0v) is 28.4. The first-order valence-corrected chi connectivity index (χ1v) is 18.8. The van der Waals surface area contributed by atoms with Crippen molar-refractivity contribution in [3.05, 3.63) is 97.1 Å². The van der Waals surface area contributed by atoms with Gasteiger partial charge in [0.2, 0.25) is 0 Å². The van der Waals surface area contributed by atoms with Crippen molar-refractivity contribution in [1.82, 2.24) is 14.9 Å². The quantitative estimate of drug-likeness (QED) is 0.162. The van der Waals surface area contributed by atoms with Crippen molar-refractivity contribution in [1.29, 1.82) is 0 Å². The molecule has 1 amide bonds. The Morgan fingerprint density at radius 2 is 2.00 bits per heavy atom. The summed E-state index contributed by atoms with van der Waals surface area (Å²) in [7, 11) is 3.34. The number of rotatable bonds is 5. The number of fused-ring (bicyclic) bond motifs is 6. The molecule has 2 aliphatic carbocycles. The number of nitrogens with one attached hydrogen (secondary N) is 1. The van der Waals surface area contributed by atoms with Crippen LogP contribution >= 0.6 is 21.6 Å². The third kappa shape index (κ3) is 4.63. The van der Waals surface area contributed by atoms with Crippen molar-refractivity contribution in [3.63, 3.8) is 0 Å². The summed E-state index contributed by atoms with van der Waals surface area (Å²) in [6, 6.07) is 10.9. The molecule has 2 N–H and O–H groups in total. The molecule has 0 bridgehead atoms. The fourth-order valence-corrected chi connectivity index (χ4v) is 10.2. The molecule has 0 unspecified atom stereocenters. The van der Waals surface area contributed by atoms with E-state index in [1.165, 1.54) is 17.2 Å². The number of halogens is 1. The second kappa shape index (κ2) is 11.6. The van der Waals surface area contributed by atoms with E-state index in [0.717, 1.165) is 28.5 Å². The lowest BCUT2D eigenvalue weighted by atomic mass is 9.81. The van der Waals surface area contributed by atoms with Gasteiger partial charge < -0.3 is 24.5 Å². The number of aromatic nitrogens is 2. The number of cyclic esters (lactones) is 1. The van der Waals surface area contributed by atoms with Gasteiger partial charge in [-0.3, -0.25) is 4.79 Å². The largest absolute Gasteiger partial charge is 0.458 e. The lowest BCUT2D eigenvalue weighted by Gasteiger charge is -2.33. The molecule has 9 nitrogen and oxygen atoms in total. The second-order valence-corrected chi connectivity index (χ2v) is 15.5. The second-order valence-electron chi connectivity index (χ2n) is 12.9. The Balaban J connectivity index is 1.21. The minimum absolute atomic E-state index is 0.00433. The van der Waals surface area contributed by atoms with E-state index in [0.29, 0.717) is 41.7 Å². The van der Waals surface area contributed by atoms with E-state index in [1.807, 2.05) is 18.4 Å². The number of pyridine rings is 2. The molecule has 0 fully saturated rings. The summed E-state index contributed by atoms with van der Waals surface area (Å²) >= 11 is 0. The highest BCUT2D eigenvalue weighted by Gasteiger charge is 2.46. The van der Waals surface area contributed by atoms with Gasteiger partial charge in [-0.1, -0.05) is 52.8 Å². The molecule has 8 rings (SSSR count). The molecular weight excluding hydrogens is 654 g/mol. The predicted molar refractivity (Wildman–Crippen MR) is 182 cm³/mol. The number of hydrogen-bond donors (Lipinski definition) is 2. The Labute approximate surface area is 284 Å². The molecule has 48 heavy (non-hydrogen) atoms. The molecule has 12 heteroatoms. The van der Waals surface area contributed by atoms with Crippen LogP contribution in [-0.4, -0.2) is 39.1 Å². The lowest BCUT2D eigenvalue weighted by Crippen LogP contribution is -2.44. The van der Waals surface area contributed by atoms with Crippen molar-refractivity contribution >= 4 is 44.6 Å². The molecule has 0 saturated heterocycles. The fourth-order valence-electron chi connectivity index (χ4n) is 8.04. The van der Waals surface area contributed by atoms with Crippen molar-refractivity contribution in [2.45, 2.75) is 82.1 Å². The van der Waals surface area contributed by atoms with Gasteiger partial charge >= 0.3 is 12.1 Å². The Morgan fingerprint density at radius 3 is 2.79 bits per heavy atom. The molecule has 0 spiro atoms. The number of hydrogen-bond acceptors (Lipinski definition) is 9. The van der Waals surface area contributed by atoms with Crippen LogP contribution in [0.1, 0.15) is 82.0 Å². The maximum Gasteiger partial charge on any atom is 0.407 e. The highest BCUT2D eigenvalue weighted by atomic mass is 33.1. The zero-order chi connectivity index (χ0) is 33.5. The number of alkyl carbamates (subject to hydrolysis) is 1. The molecule has 4 heterocycles. The van der Waals surface area contributed by atoms with E-state index in [4.69, 9.17) is 14.5 Å². The van der Waals surface area contributed by atoms with Gasteiger partial charge in [0.15, 0.2) is 5.60 Å². The number of benzene rings is 2. The Morgan fingerprint density at radius 1 is 1.19 bits per heavy atom. The van der Waals surface area contributed by atoms with Crippen LogP contribution in [0.3, 0.4) is 0 Å². The highest BCUT2D eigenvalue weighted by Crippen LogP contribution is 2.48. The number of amides is 1. The molecule has 4 aliphatic rings. The first-order valence-electron chi connectivity index (χ1n) is 16.2. The minimum atomic E-state index is -1.97. The Bertz CT molecular complexity index is 2120. The van der Waals surface area contributed by atoms with Gasteiger partial charge in [0.05, 0.1) is 40.3 Å². The van der Waals surface area contributed by atoms with Crippen LogP contribution < -0.4 is 10.9 Å². The van der Waals surface area contributed by atoms with Crippen LogP contribution in [0, 0.1) is 12.7 Å². The van der Waals surface area contributed by atoms with Gasteiger partial charge in [0.1, 0.15) is 18.5 Å². The van der Waals surface area contributed by atoms with Crippen LogP contribution in [0.4, 0.5) is 9.18 Å². The number of carbonyl (C=O) groups excluding carboxylic acids is 2. The normalized spacial score (nSPS) is 23.5. The van der Waals surface area contributed by atoms with Gasteiger partial charge in [-0.15, -0.1) is 0 Å². The summed E-state index contributed by atoms with van der Waals surface area (Å²) in [6.07, 6.45) is 3.77. The molecule has 4 atom stereocenters. The fraction of sp³-hybridized carbons (Fsp3) is 0.389. The van der Waals surface area contributed by atoms with E-state index < -0.39 is 23.7 Å². The van der Waals surface area contributed by atoms with Crippen molar-refractivity contribution in [2.24, 2.45) is 0 Å². The number of esters is 1. The number of aliphatic hydroxyl groups is 1. The third-order valence-corrected chi connectivity index (χ3v) is 12.7. The van der Waals surface area contributed by atoms with Crippen molar-refractivity contribution < 1.29 is 28.6 Å². The van der Waals surface area contributed by atoms with Crippen LogP contribution in [0.25, 0.3) is 22.3 Å². The standard InChI is InChI=1S/C36H34FN3O6S2/c1-4-36(44)23-13-27-31-21(15-40(27)33(41)22(23)16-45-34(36)42)30-25(11-10-19-17(2)24(37)14-26(38-31)29(19)30)39-35(43)46-28-12-9-18-7-5-6-8-20(18)32(28)48-47-3/h5-8,13-14,25,28,32,44H,4,9-12,15-16H2,1-3H3,(H,39,43)/t25-,28-,32-,36-/m0/s1. The van der Waals surface area contributed by atoms with E-state index >= 15 is 4.39 Å². The molecule has 2 aromatic heterocycles. The Hall–Kier alpha value is -3.87. The van der Waals surface area contributed by atoms with Gasteiger partial charge in [0, 0.05) is 22.6 Å². The lowest BCUT2D eigenvalue weighted by molar-refractivity contribution is -0.172. The molecular formula is C36H34FN3O6S2. The first kappa shape index (κ1) is 31.4. The summed E-state index contributed by atoms with van der Waals surface area (Å²) in [5.41, 5.74) is 4.77. The van der Waals surface area contributed by atoms with Crippen molar-refractivity contribution in [2.75, 3.05) is 6.26 Å². The number of carbonyl (C=O) groups is 2. The van der Waals surface area contributed by atoms with Gasteiger partial charge in [-0.2, -0.15) is 0 Å². The summed E-state index contributed by atoms with van der Waals surface area (Å²) < 4.78 is 28.2. The van der Waals surface area contributed by atoms with Gasteiger partial charge in [0.25, 0.3) is 5.56 Å². The van der Waals surface area contributed by atoms with E-state index in [9.17, 15) is 19.5 Å². The average Bonchev–Trinajstić information content (AvgIpc) is 3.45. The van der Waals surface area contributed by atoms with Crippen LogP contribution in [0.15, 0.2) is 41.2 Å². The number of nitrogens with zero attached hydrogens (tertiary/aromatic N) is 2. The van der Waals surface area contributed by atoms with Gasteiger partial charge in [-0.25, -0.2) is 19.0 Å². The number of aryl methyl sites for hydroxylation is 2. The SMILES string of the molecule is CC[C@@]1(O)C(=O)OCc2c1cc1n(c2=O)Cc2c-1nc1cc(F)c(C)c3c1c2[C@@H](NC(=O)O[C@H]1CCc2ccccc2[C@@H]1SSC)CC3. The predicted octanol–water partition coefficient (Wildman–Crippen LogP) is 6.31. The smallest absolute Gasteiger partial charge is 0.407 e. The third-order valence-electron chi connectivity index (χ3n) is 10.5. The zero-order valence-electron chi connectivity index (χ0n) is 26.7. The Kier molecular flexibility index (Phi) is 7.61. The summed E-state index contributed by atoms with van der Waals surface area (Å²) in [5, 5.41) is 15.2. The molecule has 248 valence electrons. The molecule has 2 aromatic carbocycles. The van der Waals surface area contributed by atoms with E-state index in [-0.39, 0.29) is 53.4 Å². The van der Waals surface area contributed by atoms with Crippen LogP contribution in [0.5, 0.6) is 0 Å². The average molecular weight is 688 g/mol. The summed E-state index contributed by atoms with van der Waals surface area (Å²) in [5.74, 6) is -1.17. The summed E-state index contributed by atoms with van der Waals surface area (Å²) in [4.78, 5) is 45.2. The monoisotopic (exact) mass is 687 g/mol. The maximum atomic E-state index is 15.3. The van der Waals surface area contributed by atoms with E-state index in [2.05, 4.69) is 17.4 Å². The molecule has 4 aromatic rings. The summed E-state index contributed by atoms with van der Waals surface area (Å²) in [6.45, 7) is 3.34. The first-order chi connectivity index (χ1) is 23.1. The molecule has 2 aliphatic heterocycles. The number of ether oxygens (including phenoxy) is 2. The molecule has 0 radical (unpaired) electrons. The molecule has 0 saturated carbocycles.